The Bertz CT molecular complexity index is 629. The molecule has 0 unspecified atom stereocenters. The van der Waals surface area contributed by atoms with Crippen LogP contribution in [-0.2, 0) is 0 Å². The van der Waals surface area contributed by atoms with Crippen molar-refractivity contribution in [2.45, 2.75) is 0 Å². The van der Waals surface area contributed by atoms with E-state index in [1.54, 1.807) is 29.8 Å². The van der Waals surface area contributed by atoms with E-state index in [0.29, 0.717) is 0 Å². The number of benzene rings is 1. The highest BCUT2D eigenvalue weighted by atomic mass is 32.1. The predicted octanol–water partition coefficient (Wildman–Crippen LogP) is 3.94. The minimum Gasteiger partial charge on any atom is -0.497 e. The van der Waals surface area contributed by atoms with Gasteiger partial charge in [-0.05, 0) is 35.7 Å². The summed E-state index contributed by atoms with van der Waals surface area (Å²) >= 11 is 3.28. The van der Waals surface area contributed by atoms with Gasteiger partial charge in [0, 0.05) is 5.56 Å². The molecule has 0 fully saturated rings. The van der Waals surface area contributed by atoms with Crippen molar-refractivity contribution in [1.29, 1.82) is 0 Å². The predicted molar refractivity (Wildman–Crippen MR) is 75.2 cm³/mol. The molecule has 0 atom stereocenters. The topological polar surface area (TPSA) is 35.0 Å². The Morgan fingerprint density at radius 2 is 1.78 bits per heavy atom. The third kappa shape index (κ3) is 2.14. The van der Waals surface area contributed by atoms with Gasteiger partial charge >= 0.3 is 0 Å². The number of nitrogens with zero attached hydrogens (tertiary/aromatic N) is 2. The van der Waals surface area contributed by atoms with Gasteiger partial charge in [-0.25, -0.2) is 0 Å². The highest BCUT2D eigenvalue weighted by Gasteiger charge is 2.09. The molecular weight excluding hydrogens is 264 g/mol. The molecular formula is C13H10N2OS2. The number of aromatic nitrogens is 2. The third-order valence-electron chi connectivity index (χ3n) is 2.49. The van der Waals surface area contributed by atoms with Gasteiger partial charge in [0.05, 0.1) is 12.0 Å². The van der Waals surface area contributed by atoms with Crippen LogP contribution in [0, 0.1) is 0 Å². The van der Waals surface area contributed by atoms with Crippen LogP contribution in [0.2, 0.25) is 0 Å². The summed E-state index contributed by atoms with van der Waals surface area (Å²) in [6.07, 6.45) is 0. The molecule has 0 aliphatic rings. The molecule has 0 aliphatic carbocycles. The average molecular weight is 274 g/mol. The van der Waals surface area contributed by atoms with Gasteiger partial charge < -0.3 is 4.74 Å². The lowest BCUT2D eigenvalue weighted by molar-refractivity contribution is 0.415. The Labute approximate surface area is 113 Å². The maximum atomic E-state index is 5.14. The molecule has 0 spiro atoms. The van der Waals surface area contributed by atoms with Gasteiger partial charge in [0.25, 0.3) is 0 Å². The fourth-order valence-corrected chi connectivity index (χ4v) is 3.21. The number of hydrogen-bond donors (Lipinski definition) is 0. The zero-order valence-corrected chi connectivity index (χ0v) is 11.3. The van der Waals surface area contributed by atoms with Gasteiger partial charge in [0.2, 0.25) is 0 Å². The van der Waals surface area contributed by atoms with E-state index in [0.717, 1.165) is 26.2 Å². The van der Waals surface area contributed by atoms with Crippen LogP contribution >= 0.6 is 22.7 Å². The van der Waals surface area contributed by atoms with Crippen LogP contribution in [0.25, 0.3) is 20.5 Å². The number of rotatable bonds is 3. The van der Waals surface area contributed by atoms with Crippen LogP contribution in [0.4, 0.5) is 0 Å². The standard InChI is InChI=1S/C13H10N2OS2/c1-16-10-6-4-9(5-7-10)12-14-15-13(18-12)11-3-2-8-17-11/h2-8H,1H3. The number of hydrogen-bond acceptors (Lipinski definition) is 5. The number of methoxy groups -OCH3 is 1. The molecule has 0 aliphatic heterocycles. The molecule has 18 heavy (non-hydrogen) atoms. The van der Waals surface area contributed by atoms with Gasteiger partial charge in [-0.3, -0.25) is 0 Å². The minimum absolute atomic E-state index is 0.849. The quantitative estimate of drug-likeness (QED) is 0.725. The summed E-state index contributed by atoms with van der Waals surface area (Å²) in [6.45, 7) is 0. The van der Waals surface area contributed by atoms with Crippen molar-refractivity contribution in [1.82, 2.24) is 10.2 Å². The molecule has 0 saturated heterocycles. The summed E-state index contributed by atoms with van der Waals surface area (Å²) in [7, 11) is 1.66. The van der Waals surface area contributed by atoms with Gasteiger partial charge in [-0.2, -0.15) is 0 Å². The summed E-state index contributed by atoms with van der Waals surface area (Å²) in [5.41, 5.74) is 1.07. The normalized spacial score (nSPS) is 10.5. The summed E-state index contributed by atoms with van der Waals surface area (Å²) in [5, 5.41) is 12.4. The van der Waals surface area contributed by atoms with Crippen molar-refractivity contribution in [2.24, 2.45) is 0 Å². The maximum absolute atomic E-state index is 5.14. The van der Waals surface area contributed by atoms with E-state index >= 15 is 0 Å². The molecule has 0 amide bonds. The molecule has 0 N–H and O–H groups in total. The average Bonchev–Trinajstić information content (AvgIpc) is 3.09. The van der Waals surface area contributed by atoms with Crippen molar-refractivity contribution in [2.75, 3.05) is 7.11 Å². The zero-order chi connectivity index (χ0) is 12.4. The largest absolute Gasteiger partial charge is 0.497 e. The van der Waals surface area contributed by atoms with E-state index in [9.17, 15) is 0 Å². The van der Waals surface area contributed by atoms with Crippen LogP contribution in [0.15, 0.2) is 41.8 Å². The summed E-state index contributed by atoms with van der Waals surface area (Å²) in [4.78, 5) is 1.16. The Hall–Kier alpha value is -1.72. The fourth-order valence-electron chi connectivity index (χ4n) is 1.57. The highest BCUT2D eigenvalue weighted by molar-refractivity contribution is 7.22. The first-order valence-corrected chi connectivity index (χ1v) is 7.08. The number of ether oxygens (including phenoxy) is 1. The van der Waals surface area contributed by atoms with Crippen LogP contribution in [0.3, 0.4) is 0 Å². The van der Waals surface area contributed by atoms with E-state index < -0.39 is 0 Å². The lowest BCUT2D eigenvalue weighted by Gasteiger charge is -1.99. The Morgan fingerprint density at radius 1 is 1.00 bits per heavy atom. The molecule has 3 nitrogen and oxygen atoms in total. The van der Waals surface area contributed by atoms with Crippen molar-refractivity contribution < 1.29 is 4.74 Å². The van der Waals surface area contributed by atoms with Crippen LogP contribution in [-0.4, -0.2) is 17.3 Å². The first-order chi connectivity index (χ1) is 8.86. The van der Waals surface area contributed by atoms with E-state index in [4.69, 9.17) is 4.74 Å². The van der Waals surface area contributed by atoms with Gasteiger partial charge in [0.15, 0.2) is 5.01 Å². The van der Waals surface area contributed by atoms with Crippen molar-refractivity contribution in [3.63, 3.8) is 0 Å². The molecule has 3 rings (SSSR count). The van der Waals surface area contributed by atoms with E-state index in [-0.39, 0.29) is 0 Å². The first kappa shape index (κ1) is 11.4. The second-order valence-corrected chi connectivity index (χ2v) is 5.54. The molecule has 2 aromatic heterocycles. The van der Waals surface area contributed by atoms with Gasteiger partial charge in [-0.1, -0.05) is 17.4 Å². The number of thiophene rings is 1. The van der Waals surface area contributed by atoms with E-state index in [1.165, 1.54) is 0 Å². The lowest BCUT2D eigenvalue weighted by Crippen LogP contribution is -1.82. The van der Waals surface area contributed by atoms with Crippen LogP contribution < -0.4 is 4.74 Å². The highest BCUT2D eigenvalue weighted by Crippen LogP contribution is 2.32. The second kappa shape index (κ2) is 4.88. The fraction of sp³-hybridized carbons (Fsp3) is 0.0769. The van der Waals surface area contributed by atoms with E-state index in [2.05, 4.69) is 16.3 Å². The van der Waals surface area contributed by atoms with Crippen molar-refractivity contribution >= 4 is 22.7 Å². The Kier molecular flexibility index (Phi) is 3.08. The third-order valence-corrected chi connectivity index (χ3v) is 4.51. The van der Waals surface area contributed by atoms with Crippen LogP contribution in [0.5, 0.6) is 5.75 Å². The summed E-state index contributed by atoms with van der Waals surface area (Å²) < 4.78 is 5.14. The monoisotopic (exact) mass is 274 g/mol. The molecule has 0 bridgehead atoms. The van der Waals surface area contributed by atoms with Gasteiger partial charge in [0.1, 0.15) is 10.8 Å². The second-order valence-electron chi connectivity index (χ2n) is 3.62. The Morgan fingerprint density at radius 3 is 2.44 bits per heavy atom. The molecule has 1 aromatic carbocycles. The Balaban J connectivity index is 1.92. The molecule has 0 saturated carbocycles. The smallest absolute Gasteiger partial charge is 0.158 e. The van der Waals surface area contributed by atoms with Crippen LogP contribution in [0.1, 0.15) is 0 Å². The summed E-state index contributed by atoms with van der Waals surface area (Å²) in [6, 6.07) is 11.9. The first-order valence-electron chi connectivity index (χ1n) is 5.38. The SMILES string of the molecule is COc1ccc(-c2nnc(-c3cccs3)s2)cc1. The van der Waals surface area contributed by atoms with Crippen molar-refractivity contribution in [3.8, 4) is 26.2 Å². The molecule has 0 radical (unpaired) electrons. The van der Waals surface area contributed by atoms with Crippen molar-refractivity contribution in [3.05, 3.63) is 41.8 Å². The minimum atomic E-state index is 0.849. The maximum Gasteiger partial charge on any atom is 0.158 e. The van der Waals surface area contributed by atoms with Gasteiger partial charge in [-0.15, -0.1) is 21.5 Å². The molecule has 5 heteroatoms. The molecule has 2 heterocycles. The lowest BCUT2D eigenvalue weighted by atomic mass is 10.2. The molecule has 90 valence electrons. The molecule has 3 aromatic rings. The zero-order valence-electron chi connectivity index (χ0n) is 9.66. The summed E-state index contributed by atoms with van der Waals surface area (Å²) in [5.74, 6) is 0.849. The van der Waals surface area contributed by atoms with E-state index in [1.807, 2.05) is 35.7 Å².